The van der Waals surface area contributed by atoms with E-state index in [1.54, 1.807) is 54.6 Å². The highest BCUT2D eigenvalue weighted by atomic mass is 16.5. The number of carbonyl (C=O) groups is 2. The van der Waals surface area contributed by atoms with Gasteiger partial charge in [0.15, 0.2) is 6.61 Å². The first-order valence-electron chi connectivity index (χ1n) is 9.67. The van der Waals surface area contributed by atoms with Gasteiger partial charge < -0.3 is 20.1 Å². The summed E-state index contributed by atoms with van der Waals surface area (Å²) in [5.74, 6) is 0.886. The Balaban J connectivity index is 1.56. The van der Waals surface area contributed by atoms with Crippen molar-refractivity contribution in [1.29, 1.82) is 0 Å². The Kier molecular flexibility index (Phi) is 7.05. The van der Waals surface area contributed by atoms with E-state index in [0.29, 0.717) is 29.3 Å². The maximum atomic E-state index is 12.4. The molecular weight excluding hydrogens is 380 g/mol. The molecule has 154 valence electrons. The molecular formula is C24H24N2O4. The van der Waals surface area contributed by atoms with Crippen molar-refractivity contribution in [2.45, 2.75) is 13.8 Å². The van der Waals surface area contributed by atoms with Crippen LogP contribution in [0.25, 0.3) is 0 Å². The summed E-state index contributed by atoms with van der Waals surface area (Å²) in [4.78, 5) is 24.6. The topological polar surface area (TPSA) is 76.7 Å². The molecule has 0 aromatic heterocycles. The Hall–Kier alpha value is -3.80. The number of nitrogens with one attached hydrogen (secondary N) is 2. The molecule has 30 heavy (non-hydrogen) atoms. The summed E-state index contributed by atoms with van der Waals surface area (Å²) in [7, 11) is 0. The molecule has 3 aromatic carbocycles. The summed E-state index contributed by atoms with van der Waals surface area (Å²) >= 11 is 0. The zero-order valence-corrected chi connectivity index (χ0v) is 17.0. The van der Waals surface area contributed by atoms with Crippen molar-refractivity contribution in [3.63, 3.8) is 0 Å². The molecule has 0 aliphatic rings. The largest absolute Gasteiger partial charge is 0.494 e. The number of ether oxygens (including phenoxy) is 2. The van der Waals surface area contributed by atoms with Crippen molar-refractivity contribution in [3.8, 4) is 11.5 Å². The molecule has 6 nitrogen and oxygen atoms in total. The van der Waals surface area contributed by atoms with Crippen LogP contribution < -0.4 is 20.1 Å². The highest BCUT2D eigenvalue weighted by Crippen LogP contribution is 2.21. The summed E-state index contributed by atoms with van der Waals surface area (Å²) < 4.78 is 10.8. The van der Waals surface area contributed by atoms with Crippen LogP contribution in [-0.4, -0.2) is 25.0 Å². The Morgan fingerprint density at radius 3 is 2.20 bits per heavy atom. The SMILES string of the molecule is CCOc1ccc(C(=O)Nc2ccc(NC(=O)COc3ccccc3)c(C)c2)cc1. The van der Waals surface area contributed by atoms with Crippen LogP contribution in [-0.2, 0) is 4.79 Å². The maximum Gasteiger partial charge on any atom is 0.262 e. The smallest absolute Gasteiger partial charge is 0.262 e. The van der Waals surface area contributed by atoms with Crippen LogP contribution in [0.5, 0.6) is 11.5 Å². The number of benzene rings is 3. The average molecular weight is 404 g/mol. The van der Waals surface area contributed by atoms with Crippen molar-refractivity contribution >= 4 is 23.2 Å². The van der Waals surface area contributed by atoms with E-state index in [-0.39, 0.29) is 18.4 Å². The monoisotopic (exact) mass is 404 g/mol. The van der Waals surface area contributed by atoms with Gasteiger partial charge in [-0.25, -0.2) is 0 Å². The second kappa shape index (κ2) is 10.1. The normalized spacial score (nSPS) is 10.2. The Labute approximate surface area is 175 Å². The molecule has 0 saturated heterocycles. The second-order valence-corrected chi connectivity index (χ2v) is 6.59. The fraction of sp³-hybridized carbons (Fsp3) is 0.167. The molecule has 0 atom stereocenters. The summed E-state index contributed by atoms with van der Waals surface area (Å²) in [6, 6.07) is 21.4. The van der Waals surface area contributed by atoms with Crippen LogP contribution in [0, 0.1) is 6.92 Å². The van der Waals surface area contributed by atoms with Crippen LogP contribution in [0.4, 0.5) is 11.4 Å². The molecule has 0 aliphatic heterocycles. The quantitative estimate of drug-likeness (QED) is 0.572. The second-order valence-electron chi connectivity index (χ2n) is 6.59. The highest BCUT2D eigenvalue weighted by Gasteiger charge is 2.10. The molecule has 0 fully saturated rings. The molecule has 3 aromatic rings. The van der Waals surface area contributed by atoms with Gasteiger partial charge in [-0.3, -0.25) is 9.59 Å². The molecule has 0 radical (unpaired) electrons. The van der Waals surface area contributed by atoms with Crippen LogP contribution in [0.1, 0.15) is 22.8 Å². The fourth-order valence-electron chi connectivity index (χ4n) is 2.81. The van der Waals surface area contributed by atoms with Crippen molar-refractivity contribution in [2.24, 2.45) is 0 Å². The number of aryl methyl sites for hydroxylation is 1. The number of para-hydroxylation sites is 1. The van der Waals surface area contributed by atoms with E-state index in [1.807, 2.05) is 32.0 Å². The van der Waals surface area contributed by atoms with Gasteiger partial charge in [0.2, 0.25) is 0 Å². The van der Waals surface area contributed by atoms with Gasteiger partial charge in [-0.15, -0.1) is 0 Å². The number of hydrogen-bond donors (Lipinski definition) is 2. The van der Waals surface area contributed by atoms with Gasteiger partial charge in [-0.2, -0.15) is 0 Å². The van der Waals surface area contributed by atoms with Crippen LogP contribution in [0.3, 0.4) is 0 Å². The van der Waals surface area contributed by atoms with Gasteiger partial charge >= 0.3 is 0 Å². The summed E-state index contributed by atoms with van der Waals surface area (Å²) in [6.07, 6.45) is 0. The fourth-order valence-corrected chi connectivity index (χ4v) is 2.81. The van der Waals surface area contributed by atoms with Gasteiger partial charge in [0.05, 0.1) is 6.61 Å². The van der Waals surface area contributed by atoms with Gasteiger partial charge in [0, 0.05) is 16.9 Å². The third kappa shape index (κ3) is 5.85. The molecule has 2 amide bonds. The van der Waals surface area contributed by atoms with Gasteiger partial charge in [0.25, 0.3) is 11.8 Å². The minimum absolute atomic E-state index is 0.0836. The third-order valence-corrected chi connectivity index (χ3v) is 4.30. The number of rotatable bonds is 8. The summed E-state index contributed by atoms with van der Waals surface area (Å²) in [6.45, 7) is 4.26. The average Bonchev–Trinajstić information content (AvgIpc) is 2.76. The van der Waals surface area contributed by atoms with Crippen molar-refractivity contribution in [1.82, 2.24) is 0 Å². The lowest BCUT2D eigenvalue weighted by molar-refractivity contribution is -0.118. The molecule has 0 aliphatic carbocycles. The van der Waals surface area contributed by atoms with E-state index < -0.39 is 0 Å². The van der Waals surface area contributed by atoms with E-state index in [2.05, 4.69) is 10.6 Å². The minimum atomic E-state index is -0.256. The zero-order chi connectivity index (χ0) is 21.3. The van der Waals surface area contributed by atoms with Crippen molar-refractivity contribution in [3.05, 3.63) is 83.9 Å². The highest BCUT2D eigenvalue weighted by molar-refractivity contribution is 6.04. The zero-order valence-electron chi connectivity index (χ0n) is 17.0. The van der Waals surface area contributed by atoms with E-state index in [9.17, 15) is 9.59 Å². The third-order valence-electron chi connectivity index (χ3n) is 4.30. The van der Waals surface area contributed by atoms with Gasteiger partial charge in [0.1, 0.15) is 11.5 Å². The Morgan fingerprint density at radius 2 is 1.53 bits per heavy atom. The van der Waals surface area contributed by atoms with Crippen LogP contribution in [0.2, 0.25) is 0 Å². The molecule has 6 heteroatoms. The van der Waals surface area contributed by atoms with Crippen LogP contribution in [0.15, 0.2) is 72.8 Å². The Bertz CT molecular complexity index is 1000. The molecule has 3 rings (SSSR count). The Morgan fingerprint density at radius 1 is 0.833 bits per heavy atom. The number of carbonyl (C=O) groups excluding carboxylic acids is 2. The molecule has 0 heterocycles. The lowest BCUT2D eigenvalue weighted by Crippen LogP contribution is -2.20. The first-order valence-corrected chi connectivity index (χ1v) is 9.67. The van der Waals surface area contributed by atoms with Crippen LogP contribution >= 0.6 is 0 Å². The molecule has 2 N–H and O–H groups in total. The first kappa shape index (κ1) is 20.9. The molecule has 0 saturated carbocycles. The number of anilines is 2. The summed E-state index contributed by atoms with van der Waals surface area (Å²) in [5.41, 5.74) is 2.67. The number of hydrogen-bond acceptors (Lipinski definition) is 4. The molecule has 0 bridgehead atoms. The maximum absolute atomic E-state index is 12.4. The predicted molar refractivity (Wildman–Crippen MR) is 117 cm³/mol. The molecule has 0 spiro atoms. The lowest BCUT2D eigenvalue weighted by Gasteiger charge is -2.12. The van der Waals surface area contributed by atoms with Crippen molar-refractivity contribution in [2.75, 3.05) is 23.8 Å². The lowest BCUT2D eigenvalue weighted by atomic mass is 10.1. The molecule has 0 unspecified atom stereocenters. The van der Waals surface area contributed by atoms with Gasteiger partial charge in [-0.1, -0.05) is 18.2 Å². The van der Waals surface area contributed by atoms with E-state index >= 15 is 0 Å². The van der Waals surface area contributed by atoms with E-state index in [4.69, 9.17) is 9.47 Å². The predicted octanol–water partition coefficient (Wildman–Crippen LogP) is 4.66. The van der Waals surface area contributed by atoms with E-state index in [0.717, 1.165) is 11.3 Å². The van der Waals surface area contributed by atoms with Gasteiger partial charge in [-0.05, 0) is 74.0 Å². The standard InChI is InChI=1S/C24H24N2O4/c1-3-29-21-12-9-18(10-13-21)24(28)25-19-11-14-22(17(2)15-19)26-23(27)16-30-20-7-5-4-6-8-20/h4-15H,3,16H2,1-2H3,(H,25,28)(H,26,27). The number of amides is 2. The minimum Gasteiger partial charge on any atom is -0.494 e. The van der Waals surface area contributed by atoms with Crippen molar-refractivity contribution < 1.29 is 19.1 Å². The summed E-state index contributed by atoms with van der Waals surface area (Å²) in [5, 5.41) is 5.68. The first-order chi connectivity index (χ1) is 14.5. The van der Waals surface area contributed by atoms with E-state index in [1.165, 1.54) is 0 Å².